The quantitative estimate of drug-likeness (QED) is 0.361. The highest BCUT2D eigenvalue weighted by molar-refractivity contribution is 6.00. The molecule has 8 heteroatoms. The summed E-state index contributed by atoms with van der Waals surface area (Å²) in [4.78, 5) is 42.6. The van der Waals surface area contributed by atoms with Crippen molar-refractivity contribution >= 4 is 18.2 Å². The van der Waals surface area contributed by atoms with E-state index in [0.717, 1.165) is 29.3 Å². The summed E-state index contributed by atoms with van der Waals surface area (Å²) >= 11 is 0. The van der Waals surface area contributed by atoms with E-state index in [4.69, 9.17) is 4.74 Å². The summed E-state index contributed by atoms with van der Waals surface area (Å²) in [6.07, 6.45) is 7.91. The van der Waals surface area contributed by atoms with Gasteiger partial charge in [-0.05, 0) is 88.0 Å². The molecule has 8 nitrogen and oxygen atoms in total. The second-order valence-electron chi connectivity index (χ2n) is 11.5. The van der Waals surface area contributed by atoms with Crippen LogP contribution < -0.4 is 10.1 Å². The number of benzene rings is 2. The van der Waals surface area contributed by atoms with Crippen LogP contribution in [0.4, 0.5) is 0 Å². The van der Waals surface area contributed by atoms with Crippen LogP contribution in [0.3, 0.4) is 0 Å². The fraction of sp³-hybridized carbons (Fsp3) is 0.531. The average molecular weight is 547 g/mol. The Morgan fingerprint density at radius 1 is 0.950 bits per heavy atom. The van der Waals surface area contributed by atoms with Crippen LogP contribution in [0.25, 0.3) is 0 Å². The Morgan fingerprint density at radius 2 is 1.68 bits per heavy atom. The minimum absolute atomic E-state index is 0.227. The van der Waals surface area contributed by atoms with E-state index in [1.807, 2.05) is 25.1 Å². The van der Waals surface area contributed by atoms with Gasteiger partial charge >= 0.3 is 0 Å². The molecule has 0 aliphatic carbocycles. The Bertz CT molecular complexity index is 1170. The molecule has 40 heavy (non-hydrogen) atoms. The molecule has 1 unspecified atom stereocenters. The number of amides is 3. The summed E-state index contributed by atoms with van der Waals surface area (Å²) in [6, 6.07) is 14.6. The van der Waals surface area contributed by atoms with Crippen molar-refractivity contribution in [2.24, 2.45) is 0 Å². The Balaban J connectivity index is 1.14. The molecule has 0 aromatic heterocycles. The normalized spacial score (nSPS) is 21.2. The molecule has 2 aromatic rings. The number of aryl methyl sites for hydroxylation is 1. The molecule has 0 spiro atoms. The lowest BCUT2D eigenvalue weighted by atomic mass is 9.99. The van der Waals surface area contributed by atoms with Crippen LogP contribution in [0.15, 0.2) is 42.5 Å². The van der Waals surface area contributed by atoms with Crippen LogP contribution in [0.5, 0.6) is 5.75 Å². The van der Waals surface area contributed by atoms with Gasteiger partial charge in [0.25, 0.3) is 0 Å². The van der Waals surface area contributed by atoms with Crippen molar-refractivity contribution in [2.75, 3.05) is 26.2 Å². The largest absolute Gasteiger partial charge is 0.489 e. The SMILES string of the molecule is Cc1cccc(OCc2ccc(CN3CCC(N4CCCCC4)CC3)cc2)c1CN(C=O)C1CCC(=O)NC1=O. The predicted octanol–water partition coefficient (Wildman–Crippen LogP) is 3.79. The third-order valence-corrected chi connectivity index (χ3v) is 8.74. The minimum atomic E-state index is -0.661. The highest BCUT2D eigenvalue weighted by atomic mass is 16.5. The summed E-state index contributed by atoms with van der Waals surface area (Å²) in [6.45, 7) is 8.51. The third kappa shape index (κ3) is 7.09. The van der Waals surface area contributed by atoms with E-state index in [1.165, 1.54) is 68.7 Å². The smallest absolute Gasteiger partial charge is 0.249 e. The number of ether oxygens (including phenoxy) is 1. The highest BCUT2D eigenvalue weighted by Gasteiger charge is 2.32. The van der Waals surface area contributed by atoms with E-state index in [-0.39, 0.29) is 18.9 Å². The summed E-state index contributed by atoms with van der Waals surface area (Å²) in [7, 11) is 0. The van der Waals surface area contributed by atoms with E-state index in [9.17, 15) is 14.4 Å². The van der Waals surface area contributed by atoms with Gasteiger partial charge in [0.15, 0.2) is 0 Å². The molecule has 0 bridgehead atoms. The zero-order chi connectivity index (χ0) is 27.9. The standard InChI is InChI=1S/C32H42N4O4/c1-24-6-5-7-30(28(24)21-36(23-37)29-12-13-31(38)33-32(29)39)40-22-26-10-8-25(9-11-26)20-34-18-14-27(15-19-34)35-16-3-2-4-17-35/h5-11,23,27,29H,2-4,12-22H2,1H3,(H,33,38,39). The van der Waals surface area contributed by atoms with E-state index in [2.05, 4.69) is 39.4 Å². The van der Waals surface area contributed by atoms with Gasteiger partial charge in [0.05, 0.1) is 6.54 Å². The Morgan fingerprint density at radius 3 is 2.38 bits per heavy atom. The van der Waals surface area contributed by atoms with Crippen LogP contribution >= 0.6 is 0 Å². The molecule has 1 atom stereocenters. The topological polar surface area (TPSA) is 82.2 Å². The van der Waals surface area contributed by atoms with E-state index in [0.29, 0.717) is 25.2 Å². The van der Waals surface area contributed by atoms with Gasteiger partial charge < -0.3 is 14.5 Å². The first-order valence-electron chi connectivity index (χ1n) is 14.8. The molecule has 0 saturated carbocycles. The third-order valence-electron chi connectivity index (χ3n) is 8.74. The molecular weight excluding hydrogens is 504 g/mol. The predicted molar refractivity (Wildman–Crippen MR) is 153 cm³/mol. The lowest BCUT2D eigenvalue weighted by molar-refractivity contribution is -0.141. The molecule has 3 aliphatic rings. The van der Waals surface area contributed by atoms with E-state index < -0.39 is 11.9 Å². The summed E-state index contributed by atoms with van der Waals surface area (Å²) in [5.41, 5.74) is 4.25. The molecule has 0 radical (unpaired) electrons. The maximum atomic E-state index is 12.3. The fourth-order valence-electron chi connectivity index (χ4n) is 6.30. The van der Waals surface area contributed by atoms with Crippen LogP contribution in [-0.2, 0) is 34.1 Å². The van der Waals surface area contributed by atoms with Crippen molar-refractivity contribution in [1.29, 1.82) is 0 Å². The maximum absolute atomic E-state index is 12.3. The Hall–Kier alpha value is -3.23. The summed E-state index contributed by atoms with van der Waals surface area (Å²) < 4.78 is 6.23. The number of hydrogen-bond donors (Lipinski definition) is 1. The van der Waals surface area contributed by atoms with Crippen molar-refractivity contribution < 1.29 is 19.1 Å². The van der Waals surface area contributed by atoms with Gasteiger partial charge in [-0.2, -0.15) is 0 Å². The average Bonchev–Trinajstić information content (AvgIpc) is 2.98. The number of nitrogens with zero attached hydrogens (tertiary/aromatic N) is 3. The first-order chi connectivity index (χ1) is 19.5. The molecule has 214 valence electrons. The lowest BCUT2D eigenvalue weighted by Crippen LogP contribution is -2.51. The number of imide groups is 1. The molecule has 3 saturated heterocycles. The van der Waals surface area contributed by atoms with Gasteiger partial charge in [0.2, 0.25) is 18.2 Å². The first-order valence-corrected chi connectivity index (χ1v) is 14.8. The van der Waals surface area contributed by atoms with Crippen molar-refractivity contribution in [3.8, 4) is 5.75 Å². The van der Waals surface area contributed by atoms with Gasteiger partial charge in [-0.15, -0.1) is 0 Å². The molecular formula is C32H42N4O4. The van der Waals surface area contributed by atoms with Gasteiger partial charge in [-0.25, -0.2) is 0 Å². The highest BCUT2D eigenvalue weighted by Crippen LogP contribution is 2.27. The van der Waals surface area contributed by atoms with Crippen LogP contribution in [0.2, 0.25) is 0 Å². The molecule has 2 aromatic carbocycles. The summed E-state index contributed by atoms with van der Waals surface area (Å²) in [5, 5.41) is 2.34. The monoisotopic (exact) mass is 546 g/mol. The van der Waals surface area contributed by atoms with E-state index >= 15 is 0 Å². The van der Waals surface area contributed by atoms with Crippen molar-refractivity contribution in [3.05, 3.63) is 64.7 Å². The van der Waals surface area contributed by atoms with Gasteiger partial charge in [0, 0.05) is 24.6 Å². The number of nitrogens with one attached hydrogen (secondary N) is 1. The molecule has 3 heterocycles. The first kappa shape index (κ1) is 28.3. The lowest BCUT2D eigenvalue weighted by Gasteiger charge is -2.40. The van der Waals surface area contributed by atoms with Crippen molar-refractivity contribution in [2.45, 2.75) is 83.6 Å². The minimum Gasteiger partial charge on any atom is -0.489 e. The number of hydrogen-bond acceptors (Lipinski definition) is 6. The van der Waals surface area contributed by atoms with Crippen LogP contribution in [0.1, 0.15) is 67.2 Å². The Kier molecular flexibility index (Phi) is 9.49. The second kappa shape index (κ2) is 13.4. The zero-order valence-electron chi connectivity index (χ0n) is 23.6. The number of carbonyl (C=O) groups is 3. The van der Waals surface area contributed by atoms with Crippen molar-refractivity contribution in [1.82, 2.24) is 20.0 Å². The summed E-state index contributed by atoms with van der Waals surface area (Å²) in [5.74, 6) is -0.0267. The molecule has 3 aliphatic heterocycles. The molecule has 1 N–H and O–H groups in total. The van der Waals surface area contributed by atoms with Crippen LogP contribution in [-0.4, -0.2) is 71.2 Å². The van der Waals surface area contributed by atoms with Crippen LogP contribution in [0, 0.1) is 6.92 Å². The van der Waals surface area contributed by atoms with Gasteiger partial charge in [0.1, 0.15) is 18.4 Å². The zero-order valence-corrected chi connectivity index (χ0v) is 23.6. The van der Waals surface area contributed by atoms with Gasteiger partial charge in [-0.3, -0.25) is 24.6 Å². The molecule has 3 amide bonds. The Labute approximate surface area is 237 Å². The van der Waals surface area contributed by atoms with E-state index in [1.54, 1.807) is 0 Å². The fourth-order valence-corrected chi connectivity index (χ4v) is 6.30. The number of piperidine rings is 3. The van der Waals surface area contributed by atoms with Crippen molar-refractivity contribution in [3.63, 3.8) is 0 Å². The molecule has 5 rings (SSSR count). The number of likely N-dealkylation sites (tertiary alicyclic amines) is 2. The number of rotatable bonds is 10. The second-order valence-corrected chi connectivity index (χ2v) is 11.5. The molecule has 3 fully saturated rings. The number of carbonyl (C=O) groups excluding carboxylic acids is 3. The maximum Gasteiger partial charge on any atom is 0.249 e. The van der Waals surface area contributed by atoms with Gasteiger partial charge in [-0.1, -0.05) is 42.8 Å².